The Bertz CT molecular complexity index is 1450. The summed E-state index contributed by atoms with van der Waals surface area (Å²) >= 11 is 18.4. The van der Waals surface area contributed by atoms with Crippen molar-refractivity contribution in [2.45, 2.75) is 57.6 Å². The second-order valence-corrected chi connectivity index (χ2v) is 12.8. The van der Waals surface area contributed by atoms with Crippen LogP contribution in [0.3, 0.4) is 0 Å². The van der Waals surface area contributed by atoms with Gasteiger partial charge in [-0.2, -0.15) is 0 Å². The molecule has 0 radical (unpaired) electrons. The van der Waals surface area contributed by atoms with E-state index in [0.717, 1.165) is 15.4 Å². The summed E-state index contributed by atoms with van der Waals surface area (Å²) in [6.07, 6.45) is 0.315. The van der Waals surface area contributed by atoms with Crippen LogP contribution in [0.5, 0.6) is 0 Å². The van der Waals surface area contributed by atoms with E-state index >= 15 is 0 Å². The van der Waals surface area contributed by atoms with Crippen molar-refractivity contribution in [2.24, 2.45) is 0 Å². The van der Waals surface area contributed by atoms with Gasteiger partial charge >= 0.3 is 0 Å². The minimum Gasteiger partial charge on any atom is -0.352 e. The van der Waals surface area contributed by atoms with Crippen LogP contribution in [0.4, 0.5) is 5.69 Å². The number of aryl methyl sites for hydroxylation is 1. The molecule has 1 unspecified atom stereocenters. The highest BCUT2D eigenvalue weighted by molar-refractivity contribution is 7.92. The van der Waals surface area contributed by atoms with Crippen LogP contribution in [-0.2, 0) is 26.2 Å². The van der Waals surface area contributed by atoms with Gasteiger partial charge in [-0.1, -0.05) is 71.6 Å². The van der Waals surface area contributed by atoms with Gasteiger partial charge in [-0.25, -0.2) is 8.42 Å². The molecule has 0 aliphatic heterocycles. The summed E-state index contributed by atoms with van der Waals surface area (Å²) in [7, 11) is -4.21. The third kappa shape index (κ3) is 7.91. The van der Waals surface area contributed by atoms with Crippen LogP contribution < -0.4 is 9.62 Å². The molecule has 0 spiro atoms. The molecule has 0 fully saturated rings. The summed E-state index contributed by atoms with van der Waals surface area (Å²) in [6.45, 7) is 6.80. The predicted molar refractivity (Wildman–Crippen MR) is 162 cm³/mol. The van der Waals surface area contributed by atoms with Crippen molar-refractivity contribution in [2.75, 3.05) is 10.8 Å². The van der Waals surface area contributed by atoms with Gasteiger partial charge in [-0.05, 0) is 75.2 Å². The molecule has 3 aromatic carbocycles. The zero-order chi connectivity index (χ0) is 29.6. The lowest BCUT2D eigenvalue weighted by atomic mass is 10.1. The molecule has 0 saturated carbocycles. The maximum absolute atomic E-state index is 14.0. The summed E-state index contributed by atoms with van der Waals surface area (Å²) < 4.78 is 28.8. The van der Waals surface area contributed by atoms with Crippen molar-refractivity contribution in [3.8, 4) is 0 Å². The van der Waals surface area contributed by atoms with E-state index in [0.29, 0.717) is 11.4 Å². The smallest absolute Gasteiger partial charge is 0.264 e. The molecule has 2 amide bonds. The molecule has 1 N–H and O–H groups in total. The van der Waals surface area contributed by atoms with Gasteiger partial charge in [-0.3, -0.25) is 13.9 Å². The average molecular weight is 625 g/mol. The van der Waals surface area contributed by atoms with Crippen LogP contribution in [0.1, 0.15) is 38.3 Å². The lowest BCUT2D eigenvalue weighted by molar-refractivity contribution is -0.140. The molecule has 0 aliphatic rings. The Morgan fingerprint density at radius 1 is 0.900 bits per heavy atom. The highest BCUT2D eigenvalue weighted by Crippen LogP contribution is 2.31. The molecule has 0 aromatic heterocycles. The van der Waals surface area contributed by atoms with Gasteiger partial charge in [0.25, 0.3) is 10.0 Å². The van der Waals surface area contributed by atoms with Crippen molar-refractivity contribution < 1.29 is 18.0 Å². The largest absolute Gasteiger partial charge is 0.352 e. The molecule has 7 nitrogen and oxygen atoms in total. The molecule has 0 aliphatic carbocycles. The molecule has 11 heteroatoms. The molecule has 0 saturated heterocycles. The van der Waals surface area contributed by atoms with Crippen LogP contribution in [0, 0.1) is 6.92 Å². The van der Waals surface area contributed by atoms with E-state index < -0.39 is 28.5 Å². The monoisotopic (exact) mass is 623 g/mol. The first-order valence-electron chi connectivity index (χ1n) is 12.7. The van der Waals surface area contributed by atoms with Gasteiger partial charge in [0.15, 0.2) is 0 Å². The Kier molecular flexibility index (Phi) is 10.9. The highest BCUT2D eigenvalue weighted by Gasteiger charge is 2.34. The second-order valence-electron chi connectivity index (χ2n) is 9.66. The van der Waals surface area contributed by atoms with Crippen LogP contribution in [0.2, 0.25) is 15.1 Å². The zero-order valence-corrected chi connectivity index (χ0v) is 25.8. The predicted octanol–water partition coefficient (Wildman–Crippen LogP) is 6.48. The van der Waals surface area contributed by atoms with Crippen LogP contribution in [-0.4, -0.2) is 43.8 Å². The minimum atomic E-state index is -4.21. The first-order chi connectivity index (χ1) is 18.8. The fraction of sp³-hybridized carbons (Fsp3) is 0.310. The van der Waals surface area contributed by atoms with Crippen molar-refractivity contribution in [3.05, 3.63) is 92.9 Å². The van der Waals surface area contributed by atoms with Crippen LogP contribution in [0.25, 0.3) is 0 Å². The third-order valence-corrected chi connectivity index (χ3v) is 8.94. The summed E-state index contributed by atoms with van der Waals surface area (Å²) in [6, 6.07) is 16.6. The second kappa shape index (κ2) is 13.7. The van der Waals surface area contributed by atoms with E-state index in [4.69, 9.17) is 34.8 Å². The normalized spacial score (nSPS) is 12.2. The lowest BCUT2D eigenvalue weighted by Crippen LogP contribution is -2.53. The topological polar surface area (TPSA) is 86.8 Å². The lowest BCUT2D eigenvalue weighted by Gasteiger charge is -2.33. The fourth-order valence-electron chi connectivity index (χ4n) is 4.09. The quantitative estimate of drug-likeness (QED) is 0.265. The van der Waals surface area contributed by atoms with Gasteiger partial charge in [0.1, 0.15) is 12.6 Å². The first-order valence-corrected chi connectivity index (χ1v) is 15.3. The Morgan fingerprint density at radius 2 is 1.52 bits per heavy atom. The number of carbonyl (C=O) groups is 2. The maximum Gasteiger partial charge on any atom is 0.264 e. The first kappa shape index (κ1) is 31.7. The molecule has 3 aromatic rings. The highest BCUT2D eigenvalue weighted by atomic mass is 35.5. The van der Waals surface area contributed by atoms with Gasteiger partial charge < -0.3 is 10.2 Å². The van der Waals surface area contributed by atoms with Crippen LogP contribution in [0.15, 0.2) is 71.6 Å². The van der Waals surface area contributed by atoms with Gasteiger partial charge in [0, 0.05) is 17.6 Å². The minimum absolute atomic E-state index is 0.00539. The summed E-state index contributed by atoms with van der Waals surface area (Å²) in [5, 5.41) is 3.77. The number of nitrogens with one attached hydrogen (secondary N) is 1. The number of carbonyl (C=O) groups excluding carboxylic acids is 2. The maximum atomic E-state index is 14.0. The number of sulfonamides is 1. The number of hydrogen-bond acceptors (Lipinski definition) is 4. The van der Waals surface area contributed by atoms with Gasteiger partial charge in [0.05, 0.1) is 20.6 Å². The molecular weight excluding hydrogens is 593 g/mol. The van der Waals surface area contributed by atoms with Crippen molar-refractivity contribution in [1.29, 1.82) is 0 Å². The number of hydrogen-bond donors (Lipinski definition) is 1. The number of benzene rings is 3. The Balaban J connectivity index is 2.08. The number of anilines is 1. The molecule has 214 valence electrons. The average Bonchev–Trinajstić information content (AvgIpc) is 2.89. The van der Waals surface area contributed by atoms with E-state index in [2.05, 4.69) is 5.32 Å². The van der Waals surface area contributed by atoms with Gasteiger partial charge in [0.2, 0.25) is 11.8 Å². The van der Waals surface area contributed by atoms with Crippen molar-refractivity contribution in [3.63, 3.8) is 0 Å². The Labute approximate surface area is 251 Å². The summed E-state index contributed by atoms with van der Waals surface area (Å²) in [5.74, 6) is -0.898. The molecule has 1 atom stereocenters. The number of rotatable bonds is 11. The van der Waals surface area contributed by atoms with E-state index in [1.807, 2.05) is 20.8 Å². The van der Waals surface area contributed by atoms with Crippen molar-refractivity contribution in [1.82, 2.24) is 10.2 Å². The standard InChI is InChI=1S/C29H32Cl3N3O4S/c1-5-27(29(37)33-19(2)3)34(17-21-8-10-22(30)11-9-21)28(36)18-35(23-12-15-25(31)26(32)16-23)40(38,39)24-13-6-20(4)7-14-24/h6-16,19,27H,5,17-18H2,1-4H3,(H,33,37). The van der Waals surface area contributed by atoms with Crippen LogP contribution >= 0.6 is 34.8 Å². The Hall–Kier alpha value is -2.78. The van der Waals surface area contributed by atoms with E-state index in [9.17, 15) is 18.0 Å². The Morgan fingerprint density at radius 3 is 2.08 bits per heavy atom. The summed E-state index contributed by atoms with van der Waals surface area (Å²) in [5.41, 5.74) is 1.78. The molecular formula is C29H32Cl3N3O4S. The molecule has 40 heavy (non-hydrogen) atoms. The fourth-order valence-corrected chi connectivity index (χ4v) is 5.92. The molecule has 0 bridgehead atoms. The molecule has 3 rings (SSSR count). The van der Waals surface area contributed by atoms with Gasteiger partial charge in [-0.15, -0.1) is 0 Å². The zero-order valence-electron chi connectivity index (χ0n) is 22.7. The molecule has 0 heterocycles. The van der Waals surface area contributed by atoms with E-state index in [1.54, 1.807) is 43.3 Å². The van der Waals surface area contributed by atoms with Crippen molar-refractivity contribution >= 4 is 62.3 Å². The SMILES string of the molecule is CCC(C(=O)NC(C)C)N(Cc1ccc(Cl)cc1)C(=O)CN(c1ccc(Cl)c(Cl)c1)S(=O)(=O)c1ccc(C)cc1. The number of halogens is 3. The van der Waals surface area contributed by atoms with E-state index in [-0.39, 0.29) is 39.1 Å². The summed E-state index contributed by atoms with van der Waals surface area (Å²) in [4.78, 5) is 28.6. The number of nitrogens with zero attached hydrogens (tertiary/aromatic N) is 2. The third-order valence-electron chi connectivity index (χ3n) is 6.16. The van der Waals surface area contributed by atoms with E-state index in [1.165, 1.54) is 35.2 Å². The number of amides is 2.